The molecule has 13 heavy (non-hydrogen) atoms. The van der Waals surface area contributed by atoms with Crippen LogP contribution in [-0.2, 0) is 0 Å². The normalized spacial score (nSPS) is 39.9. The molecule has 0 saturated carbocycles. The van der Waals surface area contributed by atoms with E-state index in [9.17, 15) is 0 Å². The third-order valence-corrected chi connectivity index (χ3v) is 15.5. The Hall–Kier alpha value is 0.350. The predicted octanol–water partition coefficient (Wildman–Crippen LogP) is 3.73. The smallest absolute Gasteiger partial charge is 0.0225 e. The lowest BCUT2D eigenvalue weighted by Gasteiger charge is -2.76. The van der Waals surface area contributed by atoms with Crippen LogP contribution in [0.15, 0.2) is 0 Å². The van der Waals surface area contributed by atoms with E-state index in [-0.39, 0.29) is 0 Å². The van der Waals surface area contributed by atoms with Gasteiger partial charge in [-0.3, -0.25) is 8.29 Å². The van der Waals surface area contributed by atoms with Gasteiger partial charge in [0.2, 0.25) is 0 Å². The van der Waals surface area contributed by atoms with E-state index in [0.29, 0.717) is 0 Å². The van der Waals surface area contributed by atoms with Crippen LogP contribution in [0.1, 0.15) is 40.0 Å². The van der Waals surface area contributed by atoms with Crippen LogP contribution < -0.4 is 0 Å². The van der Waals surface area contributed by atoms with Gasteiger partial charge in [0.1, 0.15) is 0 Å². The van der Waals surface area contributed by atoms with Gasteiger partial charge in [-0.15, -0.1) is 0 Å². The van der Waals surface area contributed by atoms with Crippen molar-refractivity contribution in [3.8, 4) is 0 Å². The van der Waals surface area contributed by atoms with Gasteiger partial charge in [0.15, 0.2) is 0 Å². The zero-order valence-electron chi connectivity index (χ0n) is 10.2. The molecule has 1 saturated heterocycles. The molecule has 1 aliphatic rings. The highest BCUT2D eigenvalue weighted by molar-refractivity contribution is 8.64. The fraction of sp³-hybridized carbons (Fsp3) is 1.00. The third kappa shape index (κ3) is 1.35. The Morgan fingerprint density at radius 2 is 1.62 bits per heavy atom. The second-order valence-electron chi connectivity index (χ2n) is 6.18. The Balaban J connectivity index is 3.18. The zero-order valence-corrected chi connectivity index (χ0v) is 11.0. The van der Waals surface area contributed by atoms with Crippen LogP contribution in [-0.4, -0.2) is 35.0 Å². The van der Waals surface area contributed by atoms with Crippen molar-refractivity contribution in [2.45, 2.75) is 45.3 Å². The molecule has 0 amide bonds. The zero-order chi connectivity index (χ0) is 10.2. The van der Waals surface area contributed by atoms with Gasteiger partial charge in [-0.05, 0) is 54.3 Å². The molecule has 0 spiro atoms. The fourth-order valence-electron chi connectivity index (χ4n) is 3.39. The molecule has 1 heteroatoms. The lowest BCUT2D eigenvalue weighted by atomic mass is 10.2. The van der Waals surface area contributed by atoms with Gasteiger partial charge in [0.25, 0.3) is 0 Å². The Morgan fingerprint density at radius 3 is 1.92 bits per heavy atom. The molecule has 0 aromatic heterocycles. The number of hydrogen-bond donors (Lipinski definition) is 0. The Morgan fingerprint density at radius 1 is 1.08 bits per heavy atom. The van der Waals surface area contributed by atoms with Gasteiger partial charge in [-0.25, -0.2) is 0 Å². The molecule has 0 aliphatic carbocycles. The molecule has 0 N–H and O–H groups in total. The first-order valence-electron chi connectivity index (χ1n) is 5.86. The maximum atomic E-state index is 2.68. The standard InChI is InChI=1S/C12H28S/c1-6-12-10-9-11-13(12,4,5,7-2)8-3/h12H,6-11H2,1-5H3. The van der Waals surface area contributed by atoms with E-state index < -0.39 is 8.29 Å². The summed E-state index contributed by atoms with van der Waals surface area (Å²) >= 11 is 0. The monoisotopic (exact) mass is 204 g/mol. The first-order chi connectivity index (χ1) is 5.86. The highest BCUT2D eigenvalue weighted by Crippen LogP contribution is 2.90. The summed E-state index contributed by atoms with van der Waals surface area (Å²) in [5, 5.41) is 1.05. The molecule has 1 heterocycles. The van der Waals surface area contributed by atoms with E-state index in [0.717, 1.165) is 5.25 Å². The minimum absolute atomic E-state index is 1.05. The van der Waals surface area contributed by atoms with Crippen LogP contribution in [0.25, 0.3) is 0 Å². The van der Waals surface area contributed by atoms with Crippen LogP contribution in [0, 0.1) is 0 Å². The van der Waals surface area contributed by atoms with Gasteiger partial charge < -0.3 is 0 Å². The van der Waals surface area contributed by atoms with Crippen molar-refractivity contribution in [2.75, 3.05) is 29.8 Å². The van der Waals surface area contributed by atoms with Crippen LogP contribution in [0.5, 0.6) is 0 Å². The average molecular weight is 204 g/mol. The van der Waals surface area contributed by atoms with Gasteiger partial charge in [0.05, 0.1) is 0 Å². The van der Waals surface area contributed by atoms with Gasteiger partial charge >= 0.3 is 0 Å². The minimum atomic E-state index is -1.62. The quantitative estimate of drug-likeness (QED) is 0.657. The van der Waals surface area contributed by atoms with Crippen LogP contribution in [0.2, 0.25) is 0 Å². The maximum Gasteiger partial charge on any atom is -0.0225 e. The first kappa shape index (κ1) is 11.4. The number of hydrogen-bond acceptors (Lipinski definition) is 0. The van der Waals surface area contributed by atoms with Crippen molar-refractivity contribution in [1.29, 1.82) is 0 Å². The van der Waals surface area contributed by atoms with E-state index in [2.05, 4.69) is 33.3 Å². The third-order valence-electron chi connectivity index (χ3n) is 5.62. The Bertz CT molecular complexity index is 207. The summed E-state index contributed by atoms with van der Waals surface area (Å²) in [7, 11) is -1.62. The van der Waals surface area contributed by atoms with Gasteiger partial charge in [-0.1, -0.05) is 20.8 Å². The van der Waals surface area contributed by atoms with Crippen LogP contribution >= 0.6 is 8.29 Å². The minimum Gasteiger partial charge on any atom is -0.277 e. The number of rotatable bonds is 3. The van der Waals surface area contributed by atoms with Crippen molar-refractivity contribution < 1.29 is 0 Å². The van der Waals surface area contributed by atoms with E-state index in [1.807, 2.05) is 0 Å². The van der Waals surface area contributed by atoms with E-state index >= 15 is 0 Å². The van der Waals surface area contributed by atoms with Gasteiger partial charge in [0, 0.05) is 0 Å². The van der Waals surface area contributed by atoms with E-state index in [1.165, 1.54) is 30.8 Å². The summed E-state index contributed by atoms with van der Waals surface area (Å²) in [4.78, 5) is 0. The fourth-order valence-corrected chi connectivity index (χ4v) is 9.49. The highest BCUT2D eigenvalue weighted by atomic mass is 32.4. The molecule has 0 aromatic carbocycles. The van der Waals surface area contributed by atoms with E-state index in [1.54, 1.807) is 5.75 Å². The molecular formula is C12H28S. The average Bonchev–Trinajstić information content (AvgIpc) is 2.42. The van der Waals surface area contributed by atoms with Crippen LogP contribution in [0.3, 0.4) is 0 Å². The molecule has 0 radical (unpaired) electrons. The van der Waals surface area contributed by atoms with Crippen molar-refractivity contribution in [3.05, 3.63) is 0 Å². The topological polar surface area (TPSA) is 0 Å². The maximum absolute atomic E-state index is 2.68. The van der Waals surface area contributed by atoms with E-state index in [4.69, 9.17) is 0 Å². The SMILES string of the molecule is CCC1CCCS1(C)(C)(CC)CC. The second kappa shape index (κ2) is 2.68. The summed E-state index contributed by atoms with van der Waals surface area (Å²) in [6.07, 6.45) is 9.78. The largest absolute Gasteiger partial charge is 0.277 e. The molecule has 0 aromatic rings. The molecule has 0 nitrogen and oxygen atoms in total. The van der Waals surface area contributed by atoms with Crippen LogP contribution in [0.4, 0.5) is 0 Å². The molecular weight excluding hydrogens is 176 g/mol. The Labute approximate surface area is 83.7 Å². The summed E-state index contributed by atoms with van der Waals surface area (Å²) in [5.41, 5.74) is 0. The summed E-state index contributed by atoms with van der Waals surface area (Å²) in [5.74, 6) is 4.45. The first-order valence-corrected chi connectivity index (χ1v) is 9.69. The molecule has 1 fully saturated rings. The summed E-state index contributed by atoms with van der Waals surface area (Å²) < 4.78 is 0. The van der Waals surface area contributed by atoms with Crippen molar-refractivity contribution >= 4 is 8.29 Å². The molecule has 0 bridgehead atoms. The van der Waals surface area contributed by atoms with Gasteiger partial charge in [-0.2, -0.15) is 0 Å². The lowest BCUT2D eigenvalue weighted by Crippen LogP contribution is -2.46. The van der Waals surface area contributed by atoms with Crippen molar-refractivity contribution in [2.24, 2.45) is 0 Å². The lowest BCUT2D eigenvalue weighted by molar-refractivity contribution is 0.749. The predicted molar refractivity (Wildman–Crippen MR) is 68.7 cm³/mol. The van der Waals surface area contributed by atoms with Crippen molar-refractivity contribution in [3.63, 3.8) is 0 Å². The highest BCUT2D eigenvalue weighted by Gasteiger charge is 2.57. The second-order valence-corrected chi connectivity index (χ2v) is 15.9. The Kier molecular flexibility index (Phi) is 2.36. The van der Waals surface area contributed by atoms with Crippen molar-refractivity contribution in [1.82, 2.24) is 0 Å². The summed E-state index contributed by atoms with van der Waals surface area (Å²) in [6, 6.07) is 0. The molecule has 82 valence electrons. The molecule has 1 atom stereocenters. The summed E-state index contributed by atoms with van der Waals surface area (Å²) in [6.45, 7) is 7.28. The molecule has 1 aliphatic heterocycles. The molecule has 1 rings (SSSR count). The molecule has 1 unspecified atom stereocenters.